The van der Waals surface area contributed by atoms with Gasteiger partial charge in [0.1, 0.15) is 29.4 Å². The van der Waals surface area contributed by atoms with E-state index in [4.69, 9.17) is 24.2 Å². The molecular formula is C49H63N4O8PS. The lowest BCUT2D eigenvalue weighted by Gasteiger charge is -2.35. The second-order valence-corrected chi connectivity index (χ2v) is 22.7. The number of rotatable bonds is 17. The van der Waals surface area contributed by atoms with Crippen LogP contribution in [0.4, 0.5) is 5.13 Å². The number of likely N-dealkylation sites (tertiary alicyclic amines) is 1. The Kier molecular flexibility index (Phi) is 13.6. The minimum Gasteiger partial charge on any atom is -0.497 e. The first-order chi connectivity index (χ1) is 29.8. The van der Waals surface area contributed by atoms with Gasteiger partial charge in [-0.1, -0.05) is 45.0 Å². The predicted molar refractivity (Wildman–Crippen MR) is 249 cm³/mol. The van der Waals surface area contributed by atoms with Crippen LogP contribution in [0, 0.1) is 31.1 Å². The number of nitrogens with one attached hydrogen (secondary N) is 1. The van der Waals surface area contributed by atoms with Gasteiger partial charge in [0.2, 0.25) is 13.3 Å². The molecule has 1 saturated heterocycles. The van der Waals surface area contributed by atoms with E-state index in [9.17, 15) is 19.0 Å². The number of allylic oxidation sites excluding steroid dienone is 1. The SMILES string of the molecule is C=C[C@@H]1C[C@]1(CC(=O)[C@@H]1C[C@@H](Oc2cc(-c3csc(NC(C)C)n3)nc3cc(OC)ccc23)CN1C(=O)[C@@H](CC(=O)OC1CCCC1)C(C)(C)C)P(=O)(O)Cc1c(C)cccc1C. The maximum atomic E-state index is 15.0. The summed E-state index contributed by atoms with van der Waals surface area (Å²) in [6.07, 6.45) is 4.59. The molecule has 2 aliphatic carbocycles. The van der Waals surface area contributed by atoms with Gasteiger partial charge in [0.05, 0.1) is 54.6 Å². The molecule has 338 valence electrons. The van der Waals surface area contributed by atoms with Crippen LogP contribution >= 0.6 is 18.7 Å². The Bertz CT molecular complexity index is 2400. The average Bonchev–Trinajstić information content (AvgIpc) is 3.62. The fourth-order valence-corrected chi connectivity index (χ4v) is 13.1. The average molecular weight is 899 g/mol. The zero-order chi connectivity index (χ0) is 45.4. The summed E-state index contributed by atoms with van der Waals surface area (Å²) in [5.74, 6) is -1.11. The fraction of sp³-hybridized carbons (Fsp3) is 0.531. The molecule has 0 spiro atoms. The van der Waals surface area contributed by atoms with Crippen molar-refractivity contribution in [3.63, 3.8) is 0 Å². The lowest BCUT2D eigenvalue weighted by Crippen LogP contribution is -2.48. The van der Waals surface area contributed by atoms with Gasteiger partial charge in [-0.3, -0.25) is 18.9 Å². The molecule has 2 aromatic carbocycles. The molecule has 2 saturated carbocycles. The van der Waals surface area contributed by atoms with Gasteiger partial charge in [0, 0.05) is 41.8 Å². The van der Waals surface area contributed by atoms with Crippen molar-refractivity contribution in [1.29, 1.82) is 0 Å². The summed E-state index contributed by atoms with van der Waals surface area (Å²) in [6, 6.07) is 12.4. The molecule has 3 fully saturated rings. The molecule has 1 aliphatic heterocycles. The number of aryl methyl sites for hydroxylation is 2. The number of aromatic nitrogens is 2. The summed E-state index contributed by atoms with van der Waals surface area (Å²) in [5.41, 5.74) is 3.84. The number of thiazole rings is 1. The minimum atomic E-state index is -4.01. The monoisotopic (exact) mass is 898 g/mol. The van der Waals surface area contributed by atoms with Gasteiger partial charge in [0.15, 0.2) is 10.9 Å². The topological polar surface area (TPSA) is 157 Å². The highest BCUT2D eigenvalue weighted by molar-refractivity contribution is 7.59. The van der Waals surface area contributed by atoms with Gasteiger partial charge in [0.25, 0.3) is 0 Å². The molecule has 3 heterocycles. The molecule has 1 amide bonds. The van der Waals surface area contributed by atoms with Crippen LogP contribution in [0.1, 0.15) is 103 Å². The summed E-state index contributed by atoms with van der Waals surface area (Å²) in [5, 5.41) is 5.54. The van der Waals surface area contributed by atoms with Crippen molar-refractivity contribution in [2.45, 2.75) is 135 Å². The van der Waals surface area contributed by atoms with E-state index < -0.39 is 42.0 Å². The molecular weight excluding hydrogens is 836 g/mol. The number of ketones is 1. The quantitative estimate of drug-likeness (QED) is 0.0591. The lowest BCUT2D eigenvalue weighted by atomic mass is 9.77. The molecule has 14 heteroatoms. The van der Waals surface area contributed by atoms with Crippen molar-refractivity contribution in [2.75, 3.05) is 19.0 Å². The first-order valence-corrected chi connectivity index (χ1v) is 24.9. The van der Waals surface area contributed by atoms with E-state index in [0.29, 0.717) is 40.2 Å². The third-order valence-corrected chi connectivity index (χ3v) is 16.8. The molecule has 2 N–H and O–H groups in total. The molecule has 4 aromatic rings. The number of hydrogen-bond donors (Lipinski definition) is 2. The van der Waals surface area contributed by atoms with E-state index in [2.05, 4.69) is 11.9 Å². The van der Waals surface area contributed by atoms with Crippen LogP contribution in [0.5, 0.6) is 11.5 Å². The van der Waals surface area contributed by atoms with Crippen molar-refractivity contribution in [2.24, 2.45) is 17.3 Å². The molecule has 6 atom stereocenters. The largest absolute Gasteiger partial charge is 0.497 e. The number of methoxy groups -OCH3 is 1. The second kappa shape index (κ2) is 18.5. The van der Waals surface area contributed by atoms with E-state index in [1.54, 1.807) is 18.1 Å². The van der Waals surface area contributed by atoms with Crippen molar-refractivity contribution < 1.29 is 38.1 Å². The number of anilines is 1. The number of pyridine rings is 1. The summed E-state index contributed by atoms with van der Waals surface area (Å²) in [6.45, 7) is 17.7. The number of Topliss-reactive ketones (excluding diaryl/α,β-unsaturated/α-hetero) is 1. The molecule has 12 nitrogen and oxygen atoms in total. The van der Waals surface area contributed by atoms with E-state index in [0.717, 1.165) is 47.5 Å². The summed E-state index contributed by atoms with van der Waals surface area (Å²) in [7, 11) is -2.42. The number of esters is 1. The predicted octanol–water partition coefficient (Wildman–Crippen LogP) is 10.1. The summed E-state index contributed by atoms with van der Waals surface area (Å²) in [4.78, 5) is 66.8. The zero-order valence-electron chi connectivity index (χ0n) is 37.9. The maximum Gasteiger partial charge on any atom is 0.306 e. The van der Waals surface area contributed by atoms with E-state index in [1.165, 1.54) is 11.3 Å². The molecule has 1 unspecified atom stereocenters. The van der Waals surface area contributed by atoms with Crippen LogP contribution in [0.15, 0.2) is 60.5 Å². The lowest BCUT2D eigenvalue weighted by molar-refractivity contribution is -0.156. The van der Waals surface area contributed by atoms with Gasteiger partial charge >= 0.3 is 5.97 Å². The minimum absolute atomic E-state index is 0.0605. The number of ether oxygens (including phenoxy) is 3. The Morgan fingerprint density at radius 2 is 1.78 bits per heavy atom. The van der Waals surface area contributed by atoms with Crippen LogP contribution in [0.3, 0.4) is 0 Å². The van der Waals surface area contributed by atoms with Crippen LogP contribution in [0.2, 0.25) is 0 Å². The van der Waals surface area contributed by atoms with Crippen molar-refractivity contribution >= 4 is 52.4 Å². The molecule has 0 radical (unpaired) electrons. The van der Waals surface area contributed by atoms with Crippen molar-refractivity contribution in [3.05, 3.63) is 77.2 Å². The molecule has 3 aliphatic rings. The smallest absolute Gasteiger partial charge is 0.306 e. The first-order valence-electron chi connectivity index (χ1n) is 22.2. The number of hydrogen-bond acceptors (Lipinski definition) is 11. The molecule has 2 aromatic heterocycles. The second-order valence-electron chi connectivity index (χ2n) is 19.2. The van der Waals surface area contributed by atoms with Crippen molar-refractivity contribution in [3.8, 4) is 22.9 Å². The third kappa shape index (κ3) is 10.1. The van der Waals surface area contributed by atoms with Gasteiger partial charge in [-0.2, -0.15) is 0 Å². The standard InChI is InChI=1S/C49H63N4O8PS/c1-10-32-24-49(32,62(57,58)27-37-30(4)14-13-15-31(37)5)25-43(54)42-21-35(26-53(42)46(56)38(48(6,7)8)22-45(55)61-33-16-11-12-17-33)60-44-23-40(41-28-63-47(52-41)50-29(2)3)51-39-20-34(59-9)18-19-36(39)44/h10,13-15,18-20,23,28-29,32-33,35,38,42H,1,11-12,16-17,21-22,24-27H2,2-9H3,(H,50,52)(H,57,58)/t32-,35-,38-,42+,49-/m1/s1. The molecule has 63 heavy (non-hydrogen) atoms. The van der Waals surface area contributed by atoms with Crippen LogP contribution in [-0.2, 0) is 29.8 Å². The maximum absolute atomic E-state index is 15.0. The third-order valence-electron chi connectivity index (χ3n) is 13.3. The Morgan fingerprint density at radius 3 is 2.41 bits per heavy atom. The van der Waals surface area contributed by atoms with Crippen LogP contribution in [-0.4, -0.2) is 80.5 Å². The number of carbonyl (C=O) groups excluding carboxylic acids is 3. The number of amides is 1. The van der Waals surface area contributed by atoms with E-state index >= 15 is 4.79 Å². The zero-order valence-corrected chi connectivity index (χ0v) is 39.7. The normalized spacial score (nSPS) is 22.8. The Balaban J connectivity index is 1.23. The highest BCUT2D eigenvalue weighted by Crippen LogP contribution is 2.74. The summed E-state index contributed by atoms with van der Waals surface area (Å²) >= 11 is 1.48. The highest BCUT2D eigenvalue weighted by Gasteiger charge is 2.65. The molecule has 7 rings (SSSR count). The number of carbonyl (C=O) groups is 3. The summed E-state index contributed by atoms with van der Waals surface area (Å²) < 4.78 is 32.9. The first kappa shape index (κ1) is 46.4. The van der Waals surface area contributed by atoms with Crippen LogP contribution in [0.25, 0.3) is 22.3 Å². The molecule has 0 bridgehead atoms. The highest BCUT2D eigenvalue weighted by atomic mass is 32.1. The van der Waals surface area contributed by atoms with E-state index in [-0.39, 0.29) is 61.7 Å². The Labute approximate surface area is 375 Å². The van der Waals surface area contributed by atoms with Gasteiger partial charge in [-0.25, -0.2) is 9.97 Å². The number of nitrogens with zero attached hydrogens (tertiary/aromatic N) is 3. The fourth-order valence-electron chi connectivity index (χ4n) is 9.46. The number of benzene rings is 2. The van der Waals surface area contributed by atoms with E-state index in [1.807, 2.05) is 96.3 Å². The number of fused-ring (bicyclic) bond motifs is 1. The Morgan fingerprint density at radius 1 is 1.06 bits per heavy atom. The van der Waals surface area contributed by atoms with Gasteiger partial charge in [-0.05, 0) is 100.0 Å². The Hall–Kier alpha value is -4.58. The van der Waals surface area contributed by atoms with Crippen molar-refractivity contribution in [1.82, 2.24) is 14.9 Å². The van der Waals surface area contributed by atoms with Gasteiger partial charge < -0.3 is 29.3 Å². The van der Waals surface area contributed by atoms with Crippen LogP contribution < -0.4 is 14.8 Å². The van der Waals surface area contributed by atoms with Gasteiger partial charge in [-0.15, -0.1) is 17.9 Å².